The fourth-order valence-corrected chi connectivity index (χ4v) is 2.79. The summed E-state index contributed by atoms with van der Waals surface area (Å²) in [5.74, 6) is 0.311. The molecule has 0 aromatic carbocycles. The van der Waals surface area contributed by atoms with Gasteiger partial charge in [0, 0.05) is 25.7 Å². The van der Waals surface area contributed by atoms with Gasteiger partial charge in [0.2, 0.25) is 5.91 Å². The Morgan fingerprint density at radius 1 is 1.50 bits per heavy atom. The lowest BCUT2D eigenvalue weighted by atomic mass is 9.68. The molecule has 2 aliphatic rings. The molecule has 4 nitrogen and oxygen atoms in total. The second-order valence-electron chi connectivity index (χ2n) is 5.50. The number of carbonyl (C=O) groups is 1. The van der Waals surface area contributed by atoms with E-state index >= 15 is 0 Å². The van der Waals surface area contributed by atoms with Crippen LogP contribution in [0.2, 0.25) is 0 Å². The lowest BCUT2D eigenvalue weighted by Crippen LogP contribution is -2.51. The molecule has 1 unspecified atom stereocenters. The van der Waals surface area contributed by atoms with Crippen molar-refractivity contribution in [3.05, 3.63) is 0 Å². The van der Waals surface area contributed by atoms with E-state index in [-0.39, 0.29) is 5.41 Å². The normalized spacial score (nSPS) is 28.2. The Morgan fingerprint density at radius 2 is 2.19 bits per heavy atom. The molecule has 0 spiro atoms. The second-order valence-corrected chi connectivity index (χ2v) is 5.50. The van der Waals surface area contributed by atoms with E-state index < -0.39 is 0 Å². The van der Waals surface area contributed by atoms with Gasteiger partial charge >= 0.3 is 0 Å². The third-order valence-electron chi connectivity index (χ3n) is 4.34. The van der Waals surface area contributed by atoms with Crippen molar-refractivity contribution in [2.75, 3.05) is 33.7 Å². The largest absolute Gasteiger partial charge is 0.341 e. The zero-order valence-electron chi connectivity index (χ0n) is 10.4. The first kappa shape index (κ1) is 11.9. The minimum Gasteiger partial charge on any atom is -0.341 e. The van der Waals surface area contributed by atoms with Gasteiger partial charge in [-0.05, 0) is 33.4 Å². The fourth-order valence-electron chi connectivity index (χ4n) is 2.79. The van der Waals surface area contributed by atoms with Crippen molar-refractivity contribution in [1.29, 1.82) is 0 Å². The number of hydrogen-bond acceptors (Lipinski definition) is 3. The Bertz CT molecular complexity index is 268. The van der Waals surface area contributed by atoms with Crippen LogP contribution in [0.25, 0.3) is 0 Å². The number of likely N-dealkylation sites (tertiary alicyclic amines) is 1. The van der Waals surface area contributed by atoms with Crippen molar-refractivity contribution in [2.45, 2.75) is 31.7 Å². The van der Waals surface area contributed by atoms with Gasteiger partial charge in [-0.15, -0.1) is 0 Å². The molecular weight excluding hydrogens is 202 g/mol. The molecule has 92 valence electrons. The van der Waals surface area contributed by atoms with Gasteiger partial charge in [-0.3, -0.25) is 4.79 Å². The minimum absolute atomic E-state index is 0.193. The number of amides is 1. The van der Waals surface area contributed by atoms with E-state index in [4.69, 9.17) is 5.73 Å². The van der Waals surface area contributed by atoms with Gasteiger partial charge in [0.15, 0.2) is 0 Å². The topological polar surface area (TPSA) is 49.6 Å². The maximum Gasteiger partial charge on any atom is 0.230 e. The van der Waals surface area contributed by atoms with E-state index in [1.807, 2.05) is 4.90 Å². The van der Waals surface area contributed by atoms with Crippen molar-refractivity contribution < 1.29 is 4.79 Å². The van der Waals surface area contributed by atoms with E-state index in [1.54, 1.807) is 0 Å². The van der Waals surface area contributed by atoms with Crippen molar-refractivity contribution in [2.24, 2.45) is 11.1 Å². The first-order chi connectivity index (χ1) is 7.59. The lowest BCUT2D eigenvalue weighted by Gasteiger charge is -2.41. The number of rotatable bonds is 3. The Labute approximate surface area is 97.8 Å². The van der Waals surface area contributed by atoms with E-state index in [1.165, 1.54) is 0 Å². The van der Waals surface area contributed by atoms with Crippen LogP contribution in [0.1, 0.15) is 25.7 Å². The second kappa shape index (κ2) is 4.34. The summed E-state index contributed by atoms with van der Waals surface area (Å²) in [4.78, 5) is 16.6. The quantitative estimate of drug-likeness (QED) is 0.750. The molecule has 1 aliphatic heterocycles. The van der Waals surface area contributed by atoms with Crippen LogP contribution in [0.15, 0.2) is 0 Å². The number of hydrogen-bond donors (Lipinski definition) is 1. The summed E-state index contributed by atoms with van der Waals surface area (Å²) >= 11 is 0. The van der Waals surface area contributed by atoms with Gasteiger partial charge in [0.25, 0.3) is 0 Å². The smallest absolute Gasteiger partial charge is 0.230 e. The van der Waals surface area contributed by atoms with Gasteiger partial charge in [-0.1, -0.05) is 6.42 Å². The number of nitrogens with zero attached hydrogens (tertiary/aromatic N) is 2. The van der Waals surface area contributed by atoms with Crippen molar-refractivity contribution >= 4 is 5.91 Å². The third-order valence-corrected chi connectivity index (χ3v) is 4.34. The van der Waals surface area contributed by atoms with Gasteiger partial charge in [-0.25, -0.2) is 0 Å². The van der Waals surface area contributed by atoms with E-state index in [0.29, 0.717) is 18.5 Å². The van der Waals surface area contributed by atoms with E-state index in [2.05, 4.69) is 19.0 Å². The van der Waals surface area contributed by atoms with Crippen LogP contribution in [0.3, 0.4) is 0 Å². The molecule has 1 saturated carbocycles. The van der Waals surface area contributed by atoms with Crippen LogP contribution in [0.5, 0.6) is 0 Å². The van der Waals surface area contributed by atoms with Crippen molar-refractivity contribution in [1.82, 2.24) is 9.80 Å². The fraction of sp³-hybridized carbons (Fsp3) is 0.917. The predicted molar refractivity (Wildman–Crippen MR) is 64.0 cm³/mol. The van der Waals surface area contributed by atoms with Crippen LogP contribution in [-0.4, -0.2) is 55.5 Å². The van der Waals surface area contributed by atoms with Crippen molar-refractivity contribution in [3.63, 3.8) is 0 Å². The Kier molecular flexibility index (Phi) is 3.22. The molecule has 0 aromatic rings. The number of nitrogens with two attached hydrogens (primary N) is 1. The van der Waals surface area contributed by atoms with Crippen LogP contribution < -0.4 is 5.73 Å². The summed E-state index contributed by atoms with van der Waals surface area (Å²) < 4.78 is 0. The average molecular weight is 225 g/mol. The van der Waals surface area contributed by atoms with Gasteiger partial charge < -0.3 is 15.5 Å². The molecule has 0 radical (unpaired) electrons. The first-order valence-electron chi connectivity index (χ1n) is 6.25. The number of carbonyl (C=O) groups excluding carboxylic acids is 1. The highest BCUT2D eigenvalue weighted by molar-refractivity contribution is 5.84. The highest BCUT2D eigenvalue weighted by Crippen LogP contribution is 2.42. The predicted octanol–water partition coefficient (Wildman–Crippen LogP) is 0.278. The minimum atomic E-state index is -0.193. The molecule has 1 heterocycles. The summed E-state index contributed by atoms with van der Waals surface area (Å²) in [7, 11) is 4.17. The Hall–Kier alpha value is -0.610. The molecule has 2 fully saturated rings. The average Bonchev–Trinajstić information content (AvgIpc) is 2.65. The first-order valence-corrected chi connectivity index (χ1v) is 6.25. The molecule has 0 aromatic heterocycles. The van der Waals surface area contributed by atoms with Crippen LogP contribution in [0, 0.1) is 5.41 Å². The summed E-state index contributed by atoms with van der Waals surface area (Å²) in [6.07, 6.45) is 4.24. The highest BCUT2D eigenvalue weighted by atomic mass is 16.2. The summed E-state index contributed by atoms with van der Waals surface area (Å²) in [6, 6.07) is 0.527. The van der Waals surface area contributed by atoms with Crippen molar-refractivity contribution in [3.8, 4) is 0 Å². The van der Waals surface area contributed by atoms with Gasteiger partial charge in [0.05, 0.1) is 5.41 Å². The molecule has 0 bridgehead atoms. The molecule has 1 atom stereocenters. The Morgan fingerprint density at radius 3 is 2.56 bits per heavy atom. The molecular formula is C12H23N3O. The van der Waals surface area contributed by atoms with E-state index in [0.717, 1.165) is 38.8 Å². The van der Waals surface area contributed by atoms with E-state index in [9.17, 15) is 4.79 Å². The molecule has 2 N–H and O–H groups in total. The summed E-state index contributed by atoms with van der Waals surface area (Å²) in [6.45, 7) is 2.31. The van der Waals surface area contributed by atoms with Crippen LogP contribution in [0.4, 0.5) is 0 Å². The maximum atomic E-state index is 12.4. The summed E-state index contributed by atoms with van der Waals surface area (Å²) in [5.41, 5.74) is 5.58. The SMILES string of the molecule is CN(C)C1CCN(C(=O)C2(CN)CCC2)C1. The standard InChI is InChI=1S/C12H23N3O/c1-14(2)10-4-7-15(8-10)11(16)12(9-13)5-3-6-12/h10H,3-9,13H2,1-2H3. The van der Waals surface area contributed by atoms with Crippen LogP contribution in [-0.2, 0) is 4.79 Å². The Balaban J connectivity index is 1.96. The molecule has 16 heavy (non-hydrogen) atoms. The maximum absolute atomic E-state index is 12.4. The summed E-state index contributed by atoms with van der Waals surface area (Å²) in [5, 5.41) is 0. The zero-order valence-corrected chi connectivity index (χ0v) is 10.4. The molecule has 1 aliphatic carbocycles. The molecule has 1 amide bonds. The highest BCUT2D eigenvalue weighted by Gasteiger charge is 2.46. The molecule has 4 heteroatoms. The monoisotopic (exact) mass is 225 g/mol. The van der Waals surface area contributed by atoms with Crippen LogP contribution >= 0.6 is 0 Å². The van der Waals surface area contributed by atoms with Gasteiger partial charge in [0.1, 0.15) is 0 Å². The third kappa shape index (κ3) is 1.84. The zero-order chi connectivity index (χ0) is 11.8. The molecule has 1 saturated heterocycles. The lowest BCUT2D eigenvalue weighted by molar-refractivity contribution is -0.145. The number of likely N-dealkylation sites (N-methyl/N-ethyl adjacent to an activating group) is 1. The molecule has 2 rings (SSSR count). The van der Waals surface area contributed by atoms with Gasteiger partial charge in [-0.2, -0.15) is 0 Å².